The van der Waals surface area contributed by atoms with E-state index in [-0.39, 0.29) is 24.2 Å². The average Bonchev–Trinajstić information content (AvgIpc) is 2.74. The number of hydrogen-bond acceptors (Lipinski definition) is 3. The van der Waals surface area contributed by atoms with E-state index in [0.717, 1.165) is 6.54 Å². The quantitative estimate of drug-likeness (QED) is 0.725. The Hall–Kier alpha value is -2.66. The zero-order valence-corrected chi connectivity index (χ0v) is 17.3. The van der Waals surface area contributed by atoms with Crippen molar-refractivity contribution in [3.63, 3.8) is 0 Å². The first-order chi connectivity index (χ1) is 14.0. The molecular weight excluding hydrogens is 362 g/mol. The van der Waals surface area contributed by atoms with Crippen molar-refractivity contribution in [2.45, 2.75) is 32.2 Å². The number of carbonyl (C=O) groups excluding carboxylic acids is 2. The van der Waals surface area contributed by atoms with E-state index in [0.29, 0.717) is 25.6 Å². The fourth-order valence-electron chi connectivity index (χ4n) is 3.78. The number of nitrogens with zero attached hydrogens (tertiary/aromatic N) is 1. The molecule has 1 fully saturated rings. The highest BCUT2D eigenvalue weighted by atomic mass is 16.2. The largest absolute Gasteiger partial charge is 0.356 e. The molecule has 2 amide bonds. The molecule has 5 nitrogen and oxygen atoms in total. The van der Waals surface area contributed by atoms with Gasteiger partial charge in [-0.25, -0.2) is 0 Å². The van der Waals surface area contributed by atoms with Gasteiger partial charge in [-0.1, -0.05) is 74.5 Å². The minimum atomic E-state index is -0.439. The molecule has 1 atom stereocenters. The first kappa shape index (κ1) is 21.1. The Kier molecular flexibility index (Phi) is 7.42. The molecule has 0 aromatic heterocycles. The maximum absolute atomic E-state index is 12.6. The van der Waals surface area contributed by atoms with Crippen LogP contribution in [0.4, 0.5) is 0 Å². The summed E-state index contributed by atoms with van der Waals surface area (Å²) in [7, 11) is 0. The Morgan fingerprint density at radius 2 is 1.66 bits per heavy atom. The van der Waals surface area contributed by atoms with Crippen LogP contribution in [-0.4, -0.2) is 48.9 Å². The molecule has 2 aromatic carbocycles. The number of hydrogen-bond donors (Lipinski definition) is 2. The molecule has 0 unspecified atom stereocenters. The maximum Gasteiger partial charge on any atom is 0.237 e. The average molecular weight is 394 g/mol. The summed E-state index contributed by atoms with van der Waals surface area (Å²) in [6.07, 6.45) is 0.189. The molecule has 0 bridgehead atoms. The molecule has 2 N–H and O–H groups in total. The van der Waals surface area contributed by atoms with Crippen molar-refractivity contribution in [2.24, 2.45) is 5.92 Å². The Morgan fingerprint density at radius 3 is 2.21 bits per heavy atom. The Labute approximate surface area is 173 Å². The van der Waals surface area contributed by atoms with Crippen molar-refractivity contribution in [1.29, 1.82) is 0 Å². The SMILES string of the molecule is CC(C)CNC(=O)C[C@@H]1C(=O)NCCN1CC(c1ccccc1)c1ccccc1. The number of piperazine rings is 1. The zero-order valence-electron chi connectivity index (χ0n) is 17.3. The highest BCUT2D eigenvalue weighted by Crippen LogP contribution is 2.27. The third-order valence-electron chi connectivity index (χ3n) is 5.35. The molecule has 2 aromatic rings. The first-order valence-electron chi connectivity index (χ1n) is 10.4. The smallest absolute Gasteiger partial charge is 0.237 e. The van der Waals surface area contributed by atoms with E-state index in [1.54, 1.807) is 0 Å². The van der Waals surface area contributed by atoms with Gasteiger partial charge in [-0.05, 0) is 17.0 Å². The van der Waals surface area contributed by atoms with Crippen molar-refractivity contribution in [1.82, 2.24) is 15.5 Å². The van der Waals surface area contributed by atoms with E-state index in [9.17, 15) is 9.59 Å². The Bertz CT molecular complexity index is 753. The molecule has 0 radical (unpaired) electrons. The summed E-state index contributed by atoms with van der Waals surface area (Å²) in [5, 5.41) is 5.87. The lowest BCUT2D eigenvalue weighted by molar-refractivity contribution is -0.134. The lowest BCUT2D eigenvalue weighted by Gasteiger charge is -2.37. The van der Waals surface area contributed by atoms with Crippen LogP contribution in [0.2, 0.25) is 0 Å². The van der Waals surface area contributed by atoms with E-state index < -0.39 is 6.04 Å². The van der Waals surface area contributed by atoms with Gasteiger partial charge in [0.25, 0.3) is 0 Å². The second-order valence-corrected chi connectivity index (χ2v) is 8.08. The molecule has 1 heterocycles. The summed E-state index contributed by atoms with van der Waals surface area (Å²) in [4.78, 5) is 27.2. The highest BCUT2D eigenvalue weighted by Gasteiger charge is 2.33. The van der Waals surface area contributed by atoms with Crippen LogP contribution in [0.3, 0.4) is 0 Å². The molecule has 0 saturated carbocycles. The van der Waals surface area contributed by atoms with E-state index in [2.05, 4.69) is 53.6 Å². The molecule has 5 heteroatoms. The van der Waals surface area contributed by atoms with Crippen LogP contribution in [0.25, 0.3) is 0 Å². The Balaban J connectivity index is 1.79. The number of benzene rings is 2. The lowest BCUT2D eigenvalue weighted by Crippen LogP contribution is -2.57. The topological polar surface area (TPSA) is 61.4 Å². The van der Waals surface area contributed by atoms with Gasteiger partial charge in [0.05, 0.1) is 12.5 Å². The minimum absolute atomic E-state index is 0.0594. The number of nitrogens with one attached hydrogen (secondary N) is 2. The fourth-order valence-corrected chi connectivity index (χ4v) is 3.78. The van der Waals surface area contributed by atoms with Crippen LogP contribution in [-0.2, 0) is 9.59 Å². The third kappa shape index (κ3) is 5.91. The number of carbonyl (C=O) groups is 2. The number of amides is 2. The van der Waals surface area contributed by atoms with Crippen molar-refractivity contribution >= 4 is 11.8 Å². The highest BCUT2D eigenvalue weighted by molar-refractivity contribution is 5.88. The predicted octanol–water partition coefficient (Wildman–Crippen LogP) is 2.78. The lowest BCUT2D eigenvalue weighted by atomic mass is 9.90. The van der Waals surface area contributed by atoms with Gasteiger partial charge in [-0.15, -0.1) is 0 Å². The summed E-state index contributed by atoms with van der Waals surface area (Å²) in [6.45, 7) is 6.80. The van der Waals surface area contributed by atoms with Crippen LogP contribution in [0.15, 0.2) is 60.7 Å². The fraction of sp³-hybridized carbons (Fsp3) is 0.417. The molecule has 1 aliphatic heterocycles. The number of rotatable bonds is 8. The normalized spacial score (nSPS) is 17.4. The van der Waals surface area contributed by atoms with Crippen LogP contribution in [0.1, 0.15) is 37.3 Å². The second-order valence-electron chi connectivity index (χ2n) is 8.08. The van der Waals surface area contributed by atoms with Crippen molar-refractivity contribution < 1.29 is 9.59 Å². The van der Waals surface area contributed by atoms with Gasteiger partial charge in [0, 0.05) is 32.1 Å². The summed E-state index contributed by atoms with van der Waals surface area (Å²) in [5.41, 5.74) is 2.43. The maximum atomic E-state index is 12.6. The van der Waals surface area contributed by atoms with Crippen LogP contribution in [0.5, 0.6) is 0 Å². The molecular formula is C24H31N3O2. The molecule has 1 saturated heterocycles. The third-order valence-corrected chi connectivity index (χ3v) is 5.35. The molecule has 1 aliphatic rings. The molecule has 3 rings (SSSR count). The van der Waals surface area contributed by atoms with Crippen LogP contribution >= 0.6 is 0 Å². The molecule has 0 spiro atoms. The van der Waals surface area contributed by atoms with Crippen molar-refractivity contribution in [3.05, 3.63) is 71.8 Å². The van der Waals surface area contributed by atoms with E-state index in [4.69, 9.17) is 0 Å². The molecule has 29 heavy (non-hydrogen) atoms. The van der Waals surface area contributed by atoms with Gasteiger partial charge in [-0.3, -0.25) is 14.5 Å². The first-order valence-corrected chi connectivity index (χ1v) is 10.4. The van der Waals surface area contributed by atoms with Crippen LogP contribution in [0, 0.1) is 5.92 Å². The summed E-state index contributed by atoms with van der Waals surface area (Å²) < 4.78 is 0. The van der Waals surface area contributed by atoms with Gasteiger partial charge < -0.3 is 10.6 Å². The molecule has 0 aliphatic carbocycles. The summed E-state index contributed by atoms with van der Waals surface area (Å²) in [5.74, 6) is 0.401. The van der Waals surface area contributed by atoms with Crippen molar-refractivity contribution in [2.75, 3.05) is 26.2 Å². The Morgan fingerprint density at radius 1 is 1.07 bits per heavy atom. The monoisotopic (exact) mass is 393 g/mol. The minimum Gasteiger partial charge on any atom is -0.356 e. The molecule has 154 valence electrons. The van der Waals surface area contributed by atoms with Gasteiger partial charge in [0.1, 0.15) is 0 Å². The van der Waals surface area contributed by atoms with E-state index in [1.165, 1.54) is 11.1 Å². The van der Waals surface area contributed by atoms with Gasteiger partial charge >= 0.3 is 0 Å². The second kappa shape index (κ2) is 10.2. The standard InChI is InChI=1S/C24H31N3O2/c1-18(2)16-26-23(28)15-22-24(29)25-13-14-27(22)17-21(19-9-5-3-6-10-19)20-11-7-4-8-12-20/h3-12,18,21-22H,13-17H2,1-2H3,(H,25,29)(H,26,28)/t22-/m1/s1. The van der Waals surface area contributed by atoms with Crippen molar-refractivity contribution in [3.8, 4) is 0 Å². The van der Waals surface area contributed by atoms with Gasteiger partial charge in [0.15, 0.2) is 0 Å². The van der Waals surface area contributed by atoms with E-state index >= 15 is 0 Å². The predicted molar refractivity (Wildman–Crippen MR) is 116 cm³/mol. The van der Waals surface area contributed by atoms with Gasteiger partial charge in [0.2, 0.25) is 11.8 Å². The van der Waals surface area contributed by atoms with Gasteiger partial charge in [-0.2, -0.15) is 0 Å². The summed E-state index contributed by atoms with van der Waals surface area (Å²) in [6, 6.07) is 20.3. The zero-order chi connectivity index (χ0) is 20.6. The van der Waals surface area contributed by atoms with E-state index in [1.807, 2.05) is 36.4 Å². The summed E-state index contributed by atoms with van der Waals surface area (Å²) >= 11 is 0. The van der Waals surface area contributed by atoms with Crippen LogP contribution < -0.4 is 10.6 Å².